The first-order chi connectivity index (χ1) is 14.8. The number of nitrogens with zero attached hydrogens (tertiary/aromatic N) is 2. The zero-order valence-corrected chi connectivity index (χ0v) is 18.8. The van der Waals surface area contributed by atoms with Gasteiger partial charge in [-0.2, -0.15) is 13.2 Å². The molecule has 0 spiro atoms. The number of benzene rings is 1. The third-order valence-electron chi connectivity index (χ3n) is 5.00. The fourth-order valence-corrected chi connectivity index (χ4v) is 4.38. The number of rotatable bonds is 4. The number of aromatic carboxylic acids is 1. The third kappa shape index (κ3) is 5.80. The van der Waals surface area contributed by atoms with Crippen LogP contribution in [0, 0.1) is 0 Å². The predicted molar refractivity (Wildman–Crippen MR) is 115 cm³/mol. The van der Waals surface area contributed by atoms with Gasteiger partial charge in [-0.1, -0.05) is 6.07 Å². The van der Waals surface area contributed by atoms with Crippen molar-refractivity contribution in [2.45, 2.75) is 39.1 Å². The SMILES string of the molecule is CC(C)(C)OC(=O)N1CCN(Cc2ccc(C(F)(F)F)cc2-c2sccc2C(=O)O)CC1. The molecule has 2 heterocycles. The van der Waals surface area contributed by atoms with Crippen LogP contribution < -0.4 is 0 Å². The minimum Gasteiger partial charge on any atom is -0.478 e. The van der Waals surface area contributed by atoms with Crippen LogP contribution >= 0.6 is 11.3 Å². The Morgan fingerprint density at radius 1 is 1.09 bits per heavy atom. The molecule has 0 saturated carbocycles. The molecule has 3 rings (SSSR count). The molecule has 32 heavy (non-hydrogen) atoms. The lowest BCUT2D eigenvalue weighted by Gasteiger charge is -2.35. The minimum atomic E-state index is -4.53. The van der Waals surface area contributed by atoms with Crippen molar-refractivity contribution in [1.82, 2.24) is 9.80 Å². The lowest BCUT2D eigenvalue weighted by molar-refractivity contribution is -0.137. The lowest BCUT2D eigenvalue weighted by Crippen LogP contribution is -2.49. The standard InChI is InChI=1S/C22H25F3N2O4S/c1-21(2,3)31-20(30)27-9-7-26(8-10-27)13-14-4-5-15(22(23,24)25)12-17(14)18-16(19(28)29)6-11-32-18/h4-6,11-12H,7-10,13H2,1-3H3,(H,28,29). The average molecular weight is 471 g/mol. The third-order valence-corrected chi connectivity index (χ3v) is 5.94. The number of thiophene rings is 1. The minimum absolute atomic E-state index is 0.0229. The van der Waals surface area contributed by atoms with Crippen LogP contribution in [-0.4, -0.2) is 58.7 Å². The number of alkyl halides is 3. The Morgan fingerprint density at radius 2 is 1.75 bits per heavy atom. The van der Waals surface area contributed by atoms with Crippen LogP contribution in [0.25, 0.3) is 10.4 Å². The molecule has 1 aromatic carbocycles. The van der Waals surface area contributed by atoms with Crippen LogP contribution in [0.4, 0.5) is 18.0 Å². The van der Waals surface area contributed by atoms with Gasteiger partial charge in [0.1, 0.15) is 5.60 Å². The molecule has 1 aliphatic heterocycles. The van der Waals surface area contributed by atoms with Gasteiger partial charge < -0.3 is 14.7 Å². The molecule has 0 radical (unpaired) electrons. The summed E-state index contributed by atoms with van der Waals surface area (Å²) in [5.41, 5.74) is -0.567. The van der Waals surface area contributed by atoms with Gasteiger partial charge in [-0.05, 0) is 55.5 Å². The number of hydrogen-bond acceptors (Lipinski definition) is 5. The Bertz CT molecular complexity index is 990. The summed E-state index contributed by atoms with van der Waals surface area (Å²) in [6.45, 7) is 7.64. The first-order valence-electron chi connectivity index (χ1n) is 10.1. The highest BCUT2D eigenvalue weighted by Crippen LogP contribution is 2.38. The molecule has 1 saturated heterocycles. The Morgan fingerprint density at radius 3 is 2.31 bits per heavy atom. The molecule has 0 unspecified atom stereocenters. The topological polar surface area (TPSA) is 70.1 Å². The molecular formula is C22H25F3N2O4S. The largest absolute Gasteiger partial charge is 0.478 e. The molecule has 0 bridgehead atoms. The molecule has 1 amide bonds. The van der Waals surface area contributed by atoms with E-state index < -0.39 is 29.4 Å². The van der Waals surface area contributed by atoms with Crippen molar-refractivity contribution in [2.75, 3.05) is 26.2 Å². The normalized spacial score (nSPS) is 15.6. The second-order valence-corrected chi connectivity index (χ2v) is 9.50. The molecule has 10 heteroatoms. The maximum absolute atomic E-state index is 13.3. The van der Waals surface area contributed by atoms with E-state index in [2.05, 4.69) is 0 Å². The van der Waals surface area contributed by atoms with E-state index in [9.17, 15) is 27.9 Å². The number of hydrogen-bond donors (Lipinski definition) is 1. The van der Waals surface area contributed by atoms with Crippen molar-refractivity contribution < 1.29 is 32.6 Å². The van der Waals surface area contributed by atoms with E-state index in [-0.39, 0.29) is 11.1 Å². The van der Waals surface area contributed by atoms with Crippen molar-refractivity contribution in [1.29, 1.82) is 0 Å². The van der Waals surface area contributed by atoms with Crippen molar-refractivity contribution in [3.05, 3.63) is 46.3 Å². The van der Waals surface area contributed by atoms with Crippen LogP contribution in [0.1, 0.15) is 42.3 Å². The summed E-state index contributed by atoms with van der Waals surface area (Å²) in [5, 5.41) is 11.0. The summed E-state index contributed by atoms with van der Waals surface area (Å²) in [6.07, 6.45) is -4.93. The molecule has 2 aromatic rings. The Hall–Kier alpha value is -2.59. The number of piperazine rings is 1. The summed E-state index contributed by atoms with van der Waals surface area (Å²) >= 11 is 1.10. The first-order valence-corrected chi connectivity index (χ1v) is 10.9. The molecule has 0 atom stereocenters. The second kappa shape index (κ2) is 9.11. The summed E-state index contributed by atoms with van der Waals surface area (Å²) < 4.78 is 45.4. The molecular weight excluding hydrogens is 445 g/mol. The highest BCUT2D eigenvalue weighted by Gasteiger charge is 2.32. The number of ether oxygens (including phenoxy) is 1. The summed E-state index contributed by atoms with van der Waals surface area (Å²) in [5.74, 6) is -1.18. The van der Waals surface area contributed by atoms with Gasteiger partial charge in [-0.25, -0.2) is 9.59 Å². The Labute approximate surface area is 188 Å². The van der Waals surface area contributed by atoms with Crippen molar-refractivity contribution in [3.8, 4) is 10.4 Å². The number of carbonyl (C=O) groups excluding carboxylic acids is 1. The van der Waals surface area contributed by atoms with Gasteiger partial charge in [0.2, 0.25) is 0 Å². The van der Waals surface area contributed by atoms with E-state index in [4.69, 9.17) is 4.74 Å². The van der Waals surface area contributed by atoms with Gasteiger partial charge in [-0.3, -0.25) is 4.90 Å². The zero-order valence-electron chi connectivity index (χ0n) is 18.0. The molecule has 174 valence electrons. The maximum Gasteiger partial charge on any atom is 0.416 e. The molecule has 1 fully saturated rings. The van der Waals surface area contributed by atoms with Gasteiger partial charge >= 0.3 is 18.2 Å². The molecule has 1 aliphatic rings. The highest BCUT2D eigenvalue weighted by atomic mass is 32.1. The van der Waals surface area contributed by atoms with Crippen LogP contribution in [0.3, 0.4) is 0 Å². The van der Waals surface area contributed by atoms with Crippen LogP contribution in [0.5, 0.6) is 0 Å². The smallest absolute Gasteiger partial charge is 0.416 e. The fourth-order valence-electron chi connectivity index (χ4n) is 3.44. The van der Waals surface area contributed by atoms with Crippen LogP contribution in [-0.2, 0) is 17.5 Å². The van der Waals surface area contributed by atoms with Crippen molar-refractivity contribution in [2.24, 2.45) is 0 Å². The van der Waals surface area contributed by atoms with E-state index in [0.29, 0.717) is 43.2 Å². The van der Waals surface area contributed by atoms with Gasteiger partial charge in [0.05, 0.1) is 11.1 Å². The number of carboxylic acids is 1. The van der Waals surface area contributed by atoms with Gasteiger partial charge in [0, 0.05) is 37.6 Å². The maximum atomic E-state index is 13.3. The zero-order chi connectivity index (χ0) is 23.7. The first kappa shape index (κ1) is 24.1. The Balaban J connectivity index is 1.81. The predicted octanol–water partition coefficient (Wildman–Crippen LogP) is 5.18. The van der Waals surface area contributed by atoms with Crippen molar-refractivity contribution >= 4 is 23.4 Å². The number of carbonyl (C=O) groups is 2. The van der Waals surface area contributed by atoms with E-state index in [1.165, 1.54) is 12.1 Å². The van der Waals surface area contributed by atoms with Gasteiger partial charge in [0.25, 0.3) is 0 Å². The lowest BCUT2D eigenvalue weighted by atomic mass is 9.99. The van der Waals surface area contributed by atoms with E-state index in [1.54, 1.807) is 31.1 Å². The second-order valence-electron chi connectivity index (χ2n) is 8.58. The van der Waals surface area contributed by atoms with Crippen molar-refractivity contribution in [3.63, 3.8) is 0 Å². The molecule has 0 aliphatic carbocycles. The summed E-state index contributed by atoms with van der Waals surface area (Å²) in [4.78, 5) is 27.7. The number of amides is 1. The Kier molecular flexibility index (Phi) is 6.85. The van der Waals surface area contributed by atoms with E-state index in [0.717, 1.165) is 23.5 Å². The quantitative estimate of drug-likeness (QED) is 0.667. The van der Waals surface area contributed by atoms with E-state index >= 15 is 0 Å². The van der Waals surface area contributed by atoms with Crippen LogP contribution in [0.2, 0.25) is 0 Å². The molecule has 1 aromatic heterocycles. The number of halogens is 3. The molecule has 6 nitrogen and oxygen atoms in total. The summed E-state index contributed by atoms with van der Waals surface area (Å²) in [7, 11) is 0. The fraction of sp³-hybridized carbons (Fsp3) is 0.455. The average Bonchev–Trinajstić information content (AvgIpc) is 3.16. The van der Waals surface area contributed by atoms with E-state index in [1.807, 2.05) is 4.90 Å². The summed E-state index contributed by atoms with van der Waals surface area (Å²) in [6, 6.07) is 4.84. The van der Waals surface area contributed by atoms with Gasteiger partial charge in [0.15, 0.2) is 0 Å². The van der Waals surface area contributed by atoms with Gasteiger partial charge in [-0.15, -0.1) is 11.3 Å². The molecule has 1 N–H and O–H groups in total. The monoisotopic (exact) mass is 470 g/mol. The van der Waals surface area contributed by atoms with Crippen LogP contribution in [0.15, 0.2) is 29.6 Å². The number of carboxylic acid groups (broad SMARTS) is 1. The highest BCUT2D eigenvalue weighted by molar-refractivity contribution is 7.14.